The van der Waals surface area contributed by atoms with E-state index in [9.17, 15) is 4.79 Å². The molecule has 0 aliphatic carbocycles. The maximum absolute atomic E-state index is 12.0. The molecule has 0 radical (unpaired) electrons. The molecule has 76 valence electrons. The number of carbonyl (C=O) groups excluding carboxylic acids is 1. The van der Waals surface area contributed by atoms with E-state index in [0.717, 1.165) is 0 Å². The Labute approximate surface area is 95.0 Å². The second kappa shape index (κ2) is 3.94. The van der Waals surface area contributed by atoms with Gasteiger partial charge < -0.3 is 0 Å². The summed E-state index contributed by atoms with van der Waals surface area (Å²) in [7, 11) is 1.69. The van der Waals surface area contributed by atoms with Crippen LogP contribution in [0.2, 0.25) is 0 Å². The maximum Gasteiger partial charge on any atom is 0.213 e. The van der Waals surface area contributed by atoms with Crippen LogP contribution in [0, 0.1) is 0 Å². The van der Waals surface area contributed by atoms with E-state index in [1.807, 2.05) is 18.2 Å². The predicted octanol–water partition coefficient (Wildman–Crippen LogP) is 1.81. The summed E-state index contributed by atoms with van der Waals surface area (Å²) in [6, 6.07) is 9.05. The molecule has 1 aromatic carbocycles. The smallest absolute Gasteiger partial charge is 0.213 e. The Morgan fingerprint density at radius 2 is 2.00 bits per heavy atom. The van der Waals surface area contributed by atoms with Crippen molar-refractivity contribution in [1.29, 1.82) is 0 Å². The molecular weight excluding hydrogens is 258 g/mol. The number of nitrogens with zero attached hydrogens (tertiary/aromatic N) is 3. The second-order valence-electron chi connectivity index (χ2n) is 3.05. The first-order valence-corrected chi connectivity index (χ1v) is 5.14. The number of halogens is 1. The summed E-state index contributed by atoms with van der Waals surface area (Å²) in [5, 5.41) is 7.53. The van der Waals surface area contributed by atoms with Gasteiger partial charge in [-0.05, 0) is 15.9 Å². The van der Waals surface area contributed by atoms with Crippen LogP contribution in [0.1, 0.15) is 16.1 Å². The van der Waals surface area contributed by atoms with Crippen LogP contribution in [-0.2, 0) is 7.05 Å². The van der Waals surface area contributed by atoms with Crippen molar-refractivity contribution in [3.05, 3.63) is 46.2 Å². The lowest BCUT2D eigenvalue weighted by Gasteiger charge is -2.00. The number of hydrogen-bond donors (Lipinski definition) is 0. The number of carbonyl (C=O) groups is 1. The van der Waals surface area contributed by atoms with Gasteiger partial charge in [-0.1, -0.05) is 35.5 Å². The Bertz CT molecular complexity index is 473. The highest BCUT2D eigenvalue weighted by Gasteiger charge is 2.17. The van der Waals surface area contributed by atoms with Crippen LogP contribution in [0.15, 0.2) is 34.9 Å². The molecular formula is C10H8BrN3O. The first-order valence-electron chi connectivity index (χ1n) is 4.35. The molecule has 5 heteroatoms. The van der Waals surface area contributed by atoms with Crippen molar-refractivity contribution < 1.29 is 4.79 Å². The molecule has 2 rings (SSSR count). The Morgan fingerprint density at radius 3 is 2.53 bits per heavy atom. The zero-order chi connectivity index (χ0) is 10.8. The molecule has 0 saturated carbocycles. The first kappa shape index (κ1) is 10.0. The molecule has 15 heavy (non-hydrogen) atoms. The van der Waals surface area contributed by atoms with Crippen LogP contribution in [0.3, 0.4) is 0 Å². The number of benzene rings is 1. The van der Waals surface area contributed by atoms with E-state index >= 15 is 0 Å². The highest BCUT2D eigenvalue weighted by atomic mass is 79.9. The summed E-state index contributed by atoms with van der Waals surface area (Å²) in [4.78, 5) is 12.0. The zero-order valence-electron chi connectivity index (χ0n) is 8.01. The average Bonchev–Trinajstić information content (AvgIpc) is 2.59. The van der Waals surface area contributed by atoms with Gasteiger partial charge in [0.15, 0.2) is 4.60 Å². The van der Waals surface area contributed by atoms with Gasteiger partial charge in [0.1, 0.15) is 5.69 Å². The normalized spacial score (nSPS) is 10.3. The average molecular weight is 266 g/mol. The fourth-order valence-electron chi connectivity index (χ4n) is 1.30. The lowest BCUT2D eigenvalue weighted by molar-refractivity contribution is 0.102. The van der Waals surface area contributed by atoms with Gasteiger partial charge in [-0.3, -0.25) is 4.79 Å². The molecule has 0 unspecified atom stereocenters. The molecule has 0 N–H and O–H groups in total. The molecule has 0 amide bonds. The molecule has 0 bridgehead atoms. The monoisotopic (exact) mass is 265 g/mol. The minimum absolute atomic E-state index is 0.0880. The Morgan fingerprint density at radius 1 is 1.33 bits per heavy atom. The minimum atomic E-state index is -0.0880. The number of ketones is 1. The molecule has 0 atom stereocenters. The predicted molar refractivity (Wildman–Crippen MR) is 58.6 cm³/mol. The SMILES string of the molecule is Cn1nnc(Br)c1C(=O)c1ccccc1. The summed E-state index contributed by atoms with van der Waals surface area (Å²) in [5.74, 6) is -0.0880. The summed E-state index contributed by atoms with van der Waals surface area (Å²) in [6.45, 7) is 0. The zero-order valence-corrected chi connectivity index (χ0v) is 9.60. The molecule has 0 saturated heterocycles. The van der Waals surface area contributed by atoms with Gasteiger partial charge in [-0.25, -0.2) is 4.68 Å². The molecule has 1 heterocycles. The molecule has 0 fully saturated rings. The lowest BCUT2D eigenvalue weighted by Crippen LogP contribution is -2.08. The van der Waals surface area contributed by atoms with E-state index < -0.39 is 0 Å². The van der Waals surface area contributed by atoms with Gasteiger partial charge in [0.2, 0.25) is 5.78 Å². The Kier molecular flexibility index (Phi) is 2.64. The fraction of sp³-hybridized carbons (Fsp3) is 0.100. The topological polar surface area (TPSA) is 47.8 Å². The number of hydrogen-bond acceptors (Lipinski definition) is 3. The third kappa shape index (κ3) is 1.83. The highest BCUT2D eigenvalue weighted by Crippen LogP contribution is 2.16. The standard InChI is InChI=1S/C10H8BrN3O/c1-14-8(10(11)12-13-14)9(15)7-5-3-2-4-6-7/h2-6H,1H3. The lowest BCUT2D eigenvalue weighted by atomic mass is 10.1. The third-order valence-electron chi connectivity index (χ3n) is 2.04. The van der Waals surface area contributed by atoms with Crippen molar-refractivity contribution in [2.75, 3.05) is 0 Å². The largest absolute Gasteiger partial charge is 0.287 e. The van der Waals surface area contributed by atoms with Crippen LogP contribution in [0.4, 0.5) is 0 Å². The number of rotatable bonds is 2. The molecule has 0 aliphatic heterocycles. The number of aryl methyl sites for hydroxylation is 1. The molecule has 0 aliphatic rings. The molecule has 2 aromatic rings. The quantitative estimate of drug-likeness (QED) is 0.779. The van der Waals surface area contributed by atoms with Crippen LogP contribution in [-0.4, -0.2) is 20.8 Å². The third-order valence-corrected chi connectivity index (χ3v) is 2.57. The van der Waals surface area contributed by atoms with Crippen molar-refractivity contribution in [1.82, 2.24) is 15.0 Å². The van der Waals surface area contributed by atoms with Crippen LogP contribution in [0.25, 0.3) is 0 Å². The van der Waals surface area contributed by atoms with Crippen LogP contribution in [0.5, 0.6) is 0 Å². The van der Waals surface area contributed by atoms with Gasteiger partial charge in [-0.2, -0.15) is 0 Å². The van der Waals surface area contributed by atoms with Crippen molar-refractivity contribution in [2.45, 2.75) is 0 Å². The van der Waals surface area contributed by atoms with E-state index in [4.69, 9.17) is 0 Å². The second-order valence-corrected chi connectivity index (χ2v) is 3.80. The fourth-order valence-corrected chi connectivity index (χ4v) is 1.81. The highest BCUT2D eigenvalue weighted by molar-refractivity contribution is 9.10. The summed E-state index contributed by atoms with van der Waals surface area (Å²) in [5.41, 5.74) is 1.09. The van der Waals surface area contributed by atoms with Gasteiger partial charge in [0.05, 0.1) is 0 Å². The van der Waals surface area contributed by atoms with E-state index in [1.54, 1.807) is 19.2 Å². The van der Waals surface area contributed by atoms with Crippen LogP contribution >= 0.6 is 15.9 Å². The van der Waals surface area contributed by atoms with E-state index in [2.05, 4.69) is 26.2 Å². The minimum Gasteiger partial charge on any atom is -0.287 e. The molecule has 0 spiro atoms. The van der Waals surface area contributed by atoms with Gasteiger partial charge in [0, 0.05) is 12.6 Å². The van der Waals surface area contributed by atoms with Gasteiger partial charge >= 0.3 is 0 Å². The maximum atomic E-state index is 12.0. The van der Waals surface area contributed by atoms with Crippen molar-refractivity contribution >= 4 is 21.7 Å². The Hall–Kier alpha value is -1.49. The van der Waals surface area contributed by atoms with Crippen molar-refractivity contribution in [2.24, 2.45) is 7.05 Å². The summed E-state index contributed by atoms with van der Waals surface area (Å²) < 4.78 is 1.93. The first-order chi connectivity index (χ1) is 7.20. The van der Waals surface area contributed by atoms with Gasteiger partial charge in [-0.15, -0.1) is 5.10 Å². The molecule has 4 nitrogen and oxygen atoms in total. The van der Waals surface area contributed by atoms with E-state index in [-0.39, 0.29) is 5.78 Å². The summed E-state index contributed by atoms with van der Waals surface area (Å²) >= 11 is 3.20. The van der Waals surface area contributed by atoms with Gasteiger partial charge in [0.25, 0.3) is 0 Å². The number of aromatic nitrogens is 3. The van der Waals surface area contributed by atoms with E-state index in [1.165, 1.54) is 4.68 Å². The summed E-state index contributed by atoms with van der Waals surface area (Å²) in [6.07, 6.45) is 0. The Balaban J connectivity index is 2.46. The van der Waals surface area contributed by atoms with E-state index in [0.29, 0.717) is 15.9 Å². The van der Waals surface area contributed by atoms with Crippen molar-refractivity contribution in [3.8, 4) is 0 Å². The van der Waals surface area contributed by atoms with Crippen molar-refractivity contribution in [3.63, 3.8) is 0 Å². The molecule has 1 aromatic heterocycles. The van der Waals surface area contributed by atoms with Crippen LogP contribution < -0.4 is 0 Å².